The van der Waals surface area contributed by atoms with E-state index in [1.54, 1.807) is 0 Å². The van der Waals surface area contributed by atoms with E-state index in [9.17, 15) is 0 Å². The standard InChI is InChI=1S/C36H24O/c1-3-12-25(13-4-1)28-17-11-18-29(24-28)35-31-20-9-10-21-32(31)36(37-35)33-23-22-26-14-7-8-19-30(26)34(33)27-15-5-2-6-16-27/h1-24H. The van der Waals surface area contributed by atoms with E-state index in [2.05, 4.69) is 140 Å². The Morgan fingerprint density at radius 2 is 0.919 bits per heavy atom. The van der Waals surface area contributed by atoms with Crippen molar-refractivity contribution < 1.29 is 4.42 Å². The summed E-state index contributed by atoms with van der Waals surface area (Å²) in [5.74, 6) is 1.80. The molecule has 0 fully saturated rings. The van der Waals surface area contributed by atoms with Gasteiger partial charge in [-0.3, -0.25) is 0 Å². The zero-order chi connectivity index (χ0) is 24.6. The van der Waals surface area contributed by atoms with E-state index in [-0.39, 0.29) is 0 Å². The Balaban J connectivity index is 1.49. The van der Waals surface area contributed by atoms with Crippen LogP contribution >= 0.6 is 0 Å². The van der Waals surface area contributed by atoms with Crippen LogP contribution in [0.1, 0.15) is 0 Å². The van der Waals surface area contributed by atoms with Crippen LogP contribution in [0.25, 0.3) is 66.4 Å². The largest absolute Gasteiger partial charge is 0.455 e. The summed E-state index contributed by atoms with van der Waals surface area (Å²) in [7, 11) is 0. The third-order valence-electron chi connectivity index (χ3n) is 7.09. The molecule has 37 heavy (non-hydrogen) atoms. The summed E-state index contributed by atoms with van der Waals surface area (Å²) < 4.78 is 6.84. The zero-order valence-electron chi connectivity index (χ0n) is 20.3. The fraction of sp³-hybridized carbons (Fsp3) is 0. The van der Waals surface area contributed by atoms with Crippen molar-refractivity contribution >= 4 is 21.5 Å². The van der Waals surface area contributed by atoms with Gasteiger partial charge in [0.05, 0.1) is 0 Å². The molecule has 0 aliphatic heterocycles. The van der Waals surface area contributed by atoms with Crippen molar-refractivity contribution in [2.24, 2.45) is 0 Å². The van der Waals surface area contributed by atoms with E-state index < -0.39 is 0 Å². The molecule has 0 N–H and O–H groups in total. The second-order valence-corrected chi connectivity index (χ2v) is 9.33. The van der Waals surface area contributed by atoms with Gasteiger partial charge < -0.3 is 4.42 Å². The average Bonchev–Trinajstić information content (AvgIpc) is 3.37. The molecule has 0 amide bonds. The van der Waals surface area contributed by atoms with E-state index in [0.717, 1.165) is 33.4 Å². The fourth-order valence-electron chi connectivity index (χ4n) is 5.35. The molecule has 1 heteroatoms. The van der Waals surface area contributed by atoms with Crippen LogP contribution in [-0.2, 0) is 0 Å². The Morgan fingerprint density at radius 1 is 0.351 bits per heavy atom. The second kappa shape index (κ2) is 8.96. The number of rotatable bonds is 4. The lowest BCUT2D eigenvalue weighted by Crippen LogP contribution is -1.87. The van der Waals surface area contributed by atoms with Crippen molar-refractivity contribution in [2.75, 3.05) is 0 Å². The summed E-state index contributed by atoms with van der Waals surface area (Å²) in [5, 5.41) is 4.68. The van der Waals surface area contributed by atoms with Crippen molar-refractivity contribution in [3.8, 4) is 44.9 Å². The maximum absolute atomic E-state index is 6.84. The van der Waals surface area contributed by atoms with Crippen molar-refractivity contribution in [2.45, 2.75) is 0 Å². The normalized spacial score (nSPS) is 11.2. The Labute approximate surface area is 216 Å². The van der Waals surface area contributed by atoms with Crippen molar-refractivity contribution in [3.63, 3.8) is 0 Å². The van der Waals surface area contributed by atoms with E-state index in [0.29, 0.717) is 0 Å². The number of hydrogen-bond donors (Lipinski definition) is 0. The summed E-state index contributed by atoms with van der Waals surface area (Å²) in [6.07, 6.45) is 0. The molecule has 1 aromatic heterocycles. The molecule has 7 rings (SSSR count). The van der Waals surface area contributed by atoms with E-state index in [4.69, 9.17) is 4.42 Å². The van der Waals surface area contributed by atoms with E-state index in [1.807, 2.05) is 6.07 Å². The van der Waals surface area contributed by atoms with Crippen molar-refractivity contribution in [3.05, 3.63) is 146 Å². The molecule has 0 bridgehead atoms. The molecule has 0 spiro atoms. The van der Waals surface area contributed by atoms with Gasteiger partial charge >= 0.3 is 0 Å². The molecule has 1 nitrogen and oxygen atoms in total. The lowest BCUT2D eigenvalue weighted by Gasteiger charge is -2.13. The second-order valence-electron chi connectivity index (χ2n) is 9.33. The van der Waals surface area contributed by atoms with Crippen LogP contribution in [0.5, 0.6) is 0 Å². The highest BCUT2D eigenvalue weighted by Gasteiger charge is 2.20. The van der Waals surface area contributed by atoms with Gasteiger partial charge in [-0.2, -0.15) is 0 Å². The predicted octanol–water partition coefficient (Wildman–Crippen LogP) is 10.3. The molecule has 1 heterocycles. The van der Waals surface area contributed by atoms with Gasteiger partial charge in [0, 0.05) is 27.5 Å². The molecular formula is C36H24O. The molecule has 0 atom stereocenters. The average molecular weight is 473 g/mol. The first-order valence-corrected chi connectivity index (χ1v) is 12.6. The molecule has 0 saturated heterocycles. The number of benzene rings is 6. The van der Waals surface area contributed by atoms with Crippen molar-refractivity contribution in [1.29, 1.82) is 0 Å². The first-order valence-electron chi connectivity index (χ1n) is 12.6. The smallest absolute Gasteiger partial charge is 0.143 e. The Morgan fingerprint density at radius 3 is 1.68 bits per heavy atom. The Hall–Kier alpha value is -4.88. The van der Waals surface area contributed by atoms with Crippen LogP contribution in [-0.4, -0.2) is 0 Å². The maximum atomic E-state index is 6.84. The summed E-state index contributed by atoms with van der Waals surface area (Å²) in [6.45, 7) is 0. The lowest BCUT2D eigenvalue weighted by molar-refractivity contribution is 0.602. The summed E-state index contributed by atoms with van der Waals surface area (Å²) in [4.78, 5) is 0. The molecule has 174 valence electrons. The predicted molar refractivity (Wildman–Crippen MR) is 155 cm³/mol. The first kappa shape index (κ1) is 21.4. The van der Waals surface area contributed by atoms with Gasteiger partial charge in [-0.05, 0) is 39.6 Å². The molecule has 6 aromatic carbocycles. The Kier molecular flexibility index (Phi) is 5.19. The van der Waals surface area contributed by atoms with E-state index in [1.165, 1.54) is 33.0 Å². The Bertz CT molecular complexity index is 1860. The van der Waals surface area contributed by atoms with Gasteiger partial charge in [0.25, 0.3) is 0 Å². The molecule has 0 radical (unpaired) electrons. The zero-order valence-corrected chi connectivity index (χ0v) is 20.3. The first-order chi connectivity index (χ1) is 18.4. The van der Waals surface area contributed by atoms with Crippen LogP contribution in [0.15, 0.2) is 150 Å². The van der Waals surface area contributed by atoms with Gasteiger partial charge in [0.15, 0.2) is 0 Å². The minimum atomic E-state index is 0.899. The van der Waals surface area contributed by atoms with Gasteiger partial charge in [0.2, 0.25) is 0 Å². The highest BCUT2D eigenvalue weighted by Crippen LogP contribution is 2.45. The molecule has 7 aromatic rings. The third-order valence-corrected chi connectivity index (χ3v) is 7.09. The molecule has 0 aliphatic rings. The molecule has 0 aliphatic carbocycles. The van der Waals surface area contributed by atoms with Crippen LogP contribution in [0, 0.1) is 0 Å². The molecule has 0 saturated carbocycles. The van der Waals surface area contributed by atoms with Crippen LogP contribution in [0.2, 0.25) is 0 Å². The van der Waals surface area contributed by atoms with Gasteiger partial charge in [-0.1, -0.05) is 133 Å². The topological polar surface area (TPSA) is 13.1 Å². The van der Waals surface area contributed by atoms with Crippen LogP contribution in [0.4, 0.5) is 0 Å². The van der Waals surface area contributed by atoms with Crippen LogP contribution < -0.4 is 0 Å². The summed E-state index contributed by atoms with van der Waals surface area (Å²) in [6, 6.07) is 51.2. The summed E-state index contributed by atoms with van der Waals surface area (Å²) in [5.41, 5.74) is 6.93. The SMILES string of the molecule is c1ccc(-c2cccc(-c3oc(-c4ccc5ccccc5c4-c4ccccc4)c4ccccc34)c2)cc1. The lowest BCUT2D eigenvalue weighted by atomic mass is 9.91. The minimum Gasteiger partial charge on any atom is -0.455 e. The quantitative estimate of drug-likeness (QED) is 0.248. The minimum absolute atomic E-state index is 0.899. The van der Waals surface area contributed by atoms with Gasteiger partial charge in [-0.25, -0.2) is 0 Å². The van der Waals surface area contributed by atoms with Gasteiger partial charge in [0.1, 0.15) is 11.5 Å². The highest BCUT2D eigenvalue weighted by molar-refractivity contribution is 6.10. The number of fused-ring (bicyclic) bond motifs is 2. The van der Waals surface area contributed by atoms with Crippen molar-refractivity contribution in [1.82, 2.24) is 0 Å². The maximum Gasteiger partial charge on any atom is 0.143 e. The van der Waals surface area contributed by atoms with Crippen LogP contribution in [0.3, 0.4) is 0 Å². The fourth-order valence-corrected chi connectivity index (χ4v) is 5.35. The third kappa shape index (κ3) is 3.73. The highest BCUT2D eigenvalue weighted by atomic mass is 16.3. The number of furan rings is 1. The monoisotopic (exact) mass is 472 g/mol. The van der Waals surface area contributed by atoms with E-state index >= 15 is 0 Å². The molecule has 0 unspecified atom stereocenters. The van der Waals surface area contributed by atoms with Gasteiger partial charge in [-0.15, -0.1) is 0 Å². The summed E-state index contributed by atoms with van der Waals surface area (Å²) >= 11 is 0. The number of hydrogen-bond acceptors (Lipinski definition) is 1. The molecular weight excluding hydrogens is 448 g/mol.